The zero-order valence-corrected chi connectivity index (χ0v) is 16.1. The number of hydrogen-bond acceptors (Lipinski definition) is 5. The van der Waals surface area contributed by atoms with Gasteiger partial charge in [-0.2, -0.15) is 0 Å². The fourth-order valence-corrected chi connectivity index (χ4v) is 4.12. The summed E-state index contributed by atoms with van der Waals surface area (Å²) in [7, 11) is 0. The van der Waals surface area contributed by atoms with E-state index in [1.807, 2.05) is 19.9 Å². The van der Waals surface area contributed by atoms with Crippen molar-refractivity contribution in [1.82, 2.24) is 5.32 Å². The highest BCUT2D eigenvalue weighted by Gasteiger charge is 2.71. The summed E-state index contributed by atoms with van der Waals surface area (Å²) in [5, 5.41) is 23.1. The highest BCUT2D eigenvalue weighted by molar-refractivity contribution is 6.12. The summed E-state index contributed by atoms with van der Waals surface area (Å²) in [4.78, 5) is 36.9. The third-order valence-electron chi connectivity index (χ3n) is 5.61. The second-order valence-electron chi connectivity index (χ2n) is 7.72. The number of nitrogens with one attached hydrogen (secondary N) is 1. The first kappa shape index (κ1) is 19.1. The van der Waals surface area contributed by atoms with Crippen molar-refractivity contribution in [3.8, 4) is 5.75 Å². The van der Waals surface area contributed by atoms with E-state index in [1.54, 1.807) is 36.4 Å². The molecular formula is C22H21NO6. The van der Waals surface area contributed by atoms with E-state index in [9.17, 15) is 19.5 Å². The average Bonchev–Trinajstić information content (AvgIpc) is 3.03. The van der Waals surface area contributed by atoms with E-state index in [0.717, 1.165) is 5.56 Å². The molecule has 0 fully saturated rings. The molecule has 150 valence electrons. The van der Waals surface area contributed by atoms with Crippen LogP contribution in [0.15, 0.2) is 42.5 Å². The molecule has 2 atom stereocenters. The van der Waals surface area contributed by atoms with Gasteiger partial charge in [0.05, 0.1) is 6.42 Å². The van der Waals surface area contributed by atoms with Crippen molar-refractivity contribution in [3.63, 3.8) is 0 Å². The molecule has 7 nitrogen and oxygen atoms in total. The molecule has 1 aliphatic heterocycles. The van der Waals surface area contributed by atoms with Crippen LogP contribution in [0.3, 0.4) is 0 Å². The maximum absolute atomic E-state index is 13.5. The van der Waals surface area contributed by atoms with Gasteiger partial charge in [-0.05, 0) is 17.5 Å². The molecule has 4 rings (SSSR count). The lowest BCUT2D eigenvalue weighted by atomic mass is 9.82. The molecule has 2 unspecified atom stereocenters. The number of benzene rings is 2. The summed E-state index contributed by atoms with van der Waals surface area (Å²) < 4.78 is 5.94. The smallest absolute Gasteiger partial charge is 0.303 e. The number of aliphatic hydroxyl groups is 1. The SMILES string of the molecule is CC(C)c1ccc2c(c1)OC1(O)c3ccccc3C(=O)C21NC(=O)CCC(=O)O. The Balaban J connectivity index is 1.87. The van der Waals surface area contributed by atoms with E-state index in [0.29, 0.717) is 11.3 Å². The molecule has 0 saturated heterocycles. The number of carboxylic acids is 1. The topological polar surface area (TPSA) is 113 Å². The predicted octanol–water partition coefficient (Wildman–Crippen LogP) is 2.42. The Kier molecular flexibility index (Phi) is 4.24. The van der Waals surface area contributed by atoms with Crippen LogP contribution in [-0.2, 0) is 20.9 Å². The lowest BCUT2D eigenvalue weighted by Gasteiger charge is -2.34. The Bertz CT molecular complexity index is 1050. The van der Waals surface area contributed by atoms with Gasteiger partial charge in [0, 0.05) is 23.1 Å². The fourth-order valence-electron chi connectivity index (χ4n) is 4.12. The number of Topliss-reactive ketones (excluding diaryl/α,β-unsaturated/α-hetero) is 1. The van der Waals surface area contributed by atoms with Gasteiger partial charge in [-0.3, -0.25) is 14.4 Å². The van der Waals surface area contributed by atoms with Crippen molar-refractivity contribution in [3.05, 3.63) is 64.7 Å². The van der Waals surface area contributed by atoms with Crippen LogP contribution in [0, 0.1) is 0 Å². The monoisotopic (exact) mass is 395 g/mol. The van der Waals surface area contributed by atoms with E-state index in [4.69, 9.17) is 9.84 Å². The van der Waals surface area contributed by atoms with Gasteiger partial charge in [0.15, 0.2) is 0 Å². The largest absolute Gasteiger partial charge is 0.481 e. The van der Waals surface area contributed by atoms with Gasteiger partial charge in [0.1, 0.15) is 5.75 Å². The van der Waals surface area contributed by atoms with Crippen molar-refractivity contribution in [2.45, 2.75) is 43.9 Å². The zero-order valence-electron chi connectivity index (χ0n) is 16.1. The van der Waals surface area contributed by atoms with Gasteiger partial charge in [-0.1, -0.05) is 50.2 Å². The minimum Gasteiger partial charge on any atom is -0.481 e. The lowest BCUT2D eigenvalue weighted by Crippen LogP contribution is -2.60. The van der Waals surface area contributed by atoms with Crippen molar-refractivity contribution >= 4 is 17.7 Å². The minimum atomic E-state index is -2.11. The molecular weight excluding hydrogens is 374 g/mol. The lowest BCUT2D eigenvalue weighted by molar-refractivity contribution is -0.175. The number of rotatable bonds is 5. The number of aliphatic carboxylic acids is 1. The fraction of sp³-hybridized carbons (Fsp3) is 0.318. The van der Waals surface area contributed by atoms with Gasteiger partial charge in [-0.25, -0.2) is 0 Å². The summed E-state index contributed by atoms with van der Waals surface area (Å²) in [6.07, 6.45) is -0.711. The quantitative estimate of drug-likeness (QED) is 0.717. The number of carbonyl (C=O) groups is 3. The summed E-state index contributed by atoms with van der Waals surface area (Å²) in [6.45, 7) is 4.02. The van der Waals surface area contributed by atoms with Crippen LogP contribution in [0.2, 0.25) is 0 Å². The maximum atomic E-state index is 13.5. The third kappa shape index (κ3) is 2.57. The van der Waals surface area contributed by atoms with Gasteiger partial charge in [0.2, 0.25) is 17.2 Å². The number of amides is 1. The molecule has 2 aromatic rings. The molecule has 3 N–H and O–H groups in total. The standard InChI is InChI=1S/C22H21NO6/c1-12(2)13-7-8-16-17(11-13)29-22(28)15-6-4-3-5-14(15)20(27)21(16,22)23-18(24)9-10-19(25)26/h3-8,11-12,28H,9-10H2,1-2H3,(H,23,24)(H,25,26). The minimum absolute atomic E-state index is 0.197. The van der Waals surface area contributed by atoms with E-state index < -0.39 is 29.0 Å². The maximum Gasteiger partial charge on any atom is 0.303 e. The summed E-state index contributed by atoms with van der Waals surface area (Å²) in [6, 6.07) is 11.8. The molecule has 1 heterocycles. The molecule has 0 spiro atoms. The van der Waals surface area contributed by atoms with E-state index in [-0.39, 0.29) is 29.9 Å². The van der Waals surface area contributed by atoms with Gasteiger partial charge < -0.3 is 20.3 Å². The van der Waals surface area contributed by atoms with Gasteiger partial charge >= 0.3 is 5.97 Å². The average molecular weight is 395 g/mol. The van der Waals surface area contributed by atoms with Crippen LogP contribution in [0.4, 0.5) is 0 Å². The number of ketones is 1. The third-order valence-corrected chi connectivity index (χ3v) is 5.61. The first-order chi connectivity index (χ1) is 13.7. The highest BCUT2D eigenvalue weighted by Crippen LogP contribution is 2.58. The van der Waals surface area contributed by atoms with Crippen LogP contribution in [-0.4, -0.2) is 27.9 Å². The Labute approximate surface area is 167 Å². The van der Waals surface area contributed by atoms with Crippen LogP contribution >= 0.6 is 0 Å². The predicted molar refractivity (Wildman–Crippen MR) is 103 cm³/mol. The molecule has 0 radical (unpaired) electrons. The van der Waals surface area contributed by atoms with E-state index >= 15 is 0 Å². The molecule has 2 aromatic carbocycles. The molecule has 2 aliphatic rings. The van der Waals surface area contributed by atoms with E-state index in [1.165, 1.54) is 0 Å². The molecule has 0 bridgehead atoms. The van der Waals surface area contributed by atoms with Gasteiger partial charge in [-0.15, -0.1) is 0 Å². The Hall–Kier alpha value is -3.19. The molecule has 1 aliphatic carbocycles. The summed E-state index contributed by atoms with van der Waals surface area (Å²) in [5.74, 6) is -3.87. The number of carboxylic acid groups (broad SMARTS) is 1. The summed E-state index contributed by atoms with van der Waals surface area (Å²) in [5.41, 5.74) is -0.0236. The van der Waals surface area contributed by atoms with E-state index in [2.05, 4.69) is 5.32 Å². The summed E-state index contributed by atoms with van der Waals surface area (Å²) >= 11 is 0. The van der Waals surface area contributed by atoms with Crippen molar-refractivity contribution in [2.75, 3.05) is 0 Å². The normalized spacial score (nSPS) is 23.9. The number of hydrogen-bond donors (Lipinski definition) is 3. The number of fused-ring (bicyclic) bond motifs is 5. The van der Waals surface area contributed by atoms with Crippen molar-refractivity contribution in [1.29, 1.82) is 0 Å². The van der Waals surface area contributed by atoms with Crippen LogP contribution in [0.1, 0.15) is 59.7 Å². The highest BCUT2D eigenvalue weighted by atomic mass is 16.6. The molecule has 7 heteroatoms. The first-order valence-electron chi connectivity index (χ1n) is 9.43. The number of carbonyl (C=O) groups excluding carboxylic acids is 2. The van der Waals surface area contributed by atoms with Crippen LogP contribution < -0.4 is 10.1 Å². The van der Waals surface area contributed by atoms with Crippen LogP contribution in [0.5, 0.6) is 5.75 Å². The second kappa shape index (κ2) is 6.42. The molecule has 0 saturated carbocycles. The van der Waals surface area contributed by atoms with Crippen molar-refractivity contribution in [2.24, 2.45) is 0 Å². The van der Waals surface area contributed by atoms with Crippen LogP contribution in [0.25, 0.3) is 0 Å². The Morgan fingerprint density at radius 1 is 1.10 bits per heavy atom. The molecule has 1 amide bonds. The zero-order chi connectivity index (χ0) is 21.0. The first-order valence-corrected chi connectivity index (χ1v) is 9.43. The van der Waals surface area contributed by atoms with Gasteiger partial charge in [0.25, 0.3) is 5.79 Å². The Morgan fingerprint density at radius 2 is 1.83 bits per heavy atom. The second-order valence-corrected chi connectivity index (χ2v) is 7.72. The van der Waals surface area contributed by atoms with Crippen molar-refractivity contribution < 1.29 is 29.3 Å². The molecule has 0 aromatic heterocycles. The number of ether oxygens (including phenoxy) is 1. The molecule has 29 heavy (non-hydrogen) atoms. The Morgan fingerprint density at radius 3 is 2.52 bits per heavy atom.